The second-order valence-electron chi connectivity index (χ2n) is 9.38. The summed E-state index contributed by atoms with van der Waals surface area (Å²) < 4.78 is 42.2. The zero-order valence-corrected chi connectivity index (χ0v) is 21.9. The minimum Gasteiger partial charge on any atom is -0.390 e. The van der Waals surface area contributed by atoms with Crippen LogP contribution in [0.4, 0.5) is 15.8 Å². The van der Waals surface area contributed by atoms with Crippen LogP contribution in [0.2, 0.25) is 0 Å². The number of halogens is 1. The predicted octanol–water partition coefficient (Wildman–Crippen LogP) is 2.89. The average molecular weight is 521 g/mol. The largest absolute Gasteiger partial charge is 0.390 e. The van der Waals surface area contributed by atoms with Gasteiger partial charge < -0.3 is 21.1 Å². The molecule has 2 aromatic rings. The highest BCUT2D eigenvalue weighted by atomic mass is 32.2. The quantitative estimate of drug-likeness (QED) is 0.363. The van der Waals surface area contributed by atoms with Crippen molar-refractivity contribution in [3.63, 3.8) is 0 Å². The van der Waals surface area contributed by atoms with Crippen molar-refractivity contribution in [3.8, 4) is 0 Å². The van der Waals surface area contributed by atoms with Gasteiger partial charge in [0, 0.05) is 31.4 Å². The van der Waals surface area contributed by atoms with Gasteiger partial charge in [-0.15, -0.1) is 0 Å². The van der Waals surface area contributed by atoms with E-state index in [2.05, 4.69) is 16.0 Å². The summed E-state index contributed by atoms with van der Waals surface area (Å²) in [6, 6.07) is 11.7. The lowest BCUT2D eigenvalue weighted by atomic mass is 10.00. The van der Waals surface area contributed by atoms with E-state index in [0.29, 0.717) is 31.5 Å². The van der Waals surface area contributed by atoms with Crippen LogP contribution in [0.5, 0.6) is 0 Å². The van der Waals surface area contributed by atoms with Crippen LogP contribution in [0, 0.1) is 5.82 Å². The second-order valence-corrected chi connectivity index (χ2v) is 11.4. The number of aliphatic hydroxyl groups is 1. The first kappa shape index (κ1) is 27.9. The third-order valence-corrected chi connectivity index (χ3v) is 7.97. The highest BCUT2D eigenvalue weighted by molar-refractivity contribution is 7.92. The molecule has 36 heavy (non-hydrogen) atoms. The molecule has 0 saturated carbocycles. The summed E-state index contributed by atoms with van der Waals surface area (Å²) in [5, 5.41) is 19.9. The number of sulfonamides is 1. The van der Waals surface area contributed by atoms with Crippen molar-refractivity contribution in [3.05, 3.63) is 59.4 Å². The van der Waals surface area contributed by atoms with E-state index in [1.165, 1.54) is 12.1 Å². The molecular weight excluding hydrogens is 483 g/mol. The molecule has 0 radical (unpaired) electrons. The number of benzene rings is 2. The third-order valence-electron chi connectivity index (χ3n) is 6.11. The molecule has 0 aliphatic carbocycles. The Kier molecular flexibility index (Phi) is 9.69. The van der Waals surface area contributed by atoms with Gasteiger partial charge in [0.05, 0.1) is 29.1 Å². The molecular formula is C26H37FN4O4S. The summed E-state index contributed by atoms with van der Waals surface area (Å²) in [4.78, 5) is 13.4. The molecule has 198 valence electrons. The molecule has 1 aliphatic heterocycles. The number of nitrogens with one attached hydrogen (secondary N) is 3. The van der Waals surface area contributed by atoms with E-state index >= 15 is 4.39 Å². The van der Waals surface area contributed by atoms with Crippen molar-refractivity contribution in [1.82, 2.24) is 10.6 Å². The third kappa shape index (κ3) is 7.18. The maximum Gasteiger partial charge on any atom is 0.254 e. The number of amides is 1. The first-order valence-electron chi connectivity index (χ1n) is 12.5. The Morgan fingerprint density at radius 3 is 2.53 bits per heavy atom. The van der Waals surface area contributed by atoms with Crippen LogP contribution in [0.3, 0.4) is 0 Å². The summed E-state index contributed by atoms with van der Waals surface area (Å²) in [5.41, 5.74) is 0.945. The molecule has 0 bridgehead atoms. The number of carbonyl (C=O) groups is 1. The summed E-state index contributed by atoms with van der Waals surface area (Å²) in [6.45, 7) is 6.67. The van der Waals surface area contributed by atoms with Crippen LogP contribution in [-0.2, 0) is 16.4 Å². The van der Waals surface area contributed by atoms with Crippen LogP contribution in [0.1, 0.15) is 49.5 Å². The van der Waals surface area contributed by atoms with E-state index in [9.17, 15) is 18.3 Å². The molecule has 1 saturated heterocycles. The topological polar surface area (TPSA) is 111 Å². The molecule has 0 aromatic heterocycles. The van der Waals surface area contributed by atoms with E-state index in [1.807, 2.05) is 51.1 Å². The number of hydrogen-bond acceptors (Lipinski definition) is 6. The standard InChI is InChI=1S/C26H37FN4O4S/c1-4-28-20-15-21(25(27)23(16-20)31-12-8-9-13-36(31,34)35)26(33)30-22(24(32)17-29-18(2)3)14-19-10-6-5-7-11-19/h5-7,10-11,15-16,18,22,24,28-29,32H,4,8-9,12-14,17H2,1-3H3,(H,30,33)/t22-,24+/m0/s1. The molecule has 10 heteroatoms. The summed E-state index contributed by atoms with van der Waals surface area (Å²) in [5.74, 6) is -1.67. The Bertz CT molecular complexity index is 1130. The van der Waals surface area contributed by atoms with Gasteiger partial charge in [0.15, 0.2) is 5.82 Å². The highest BCUT2D eigenvalue weighted by Gasteiger charge is 2.31. The second kappa shape index (κ2) is 12.5. The van der Waals surface area contributed by atoms with E-state index in [0.717, 1.165) is 9.87 Å². The van der Waals surface area contributed by atoms with Crippen molar-refractivity contribution in [2.45, 2.75) is 58.2 Å². The average Bonchev–Trinajstić information content (AvgIpc) is 2.83. The first-order chi connectivity index (χ1) is 17.1. The van der Waals surface area contributed by atoms with Crippen molar-refractivity contribution < 1.29 is 22.7 Å². The molecule has 3 rings (SSSR count). The van der Waals surface area contributed by atoms with E-state index in [-0.39, 0.29) is 36.1 Å². The van der Waals surface area contributed by atoms with Crippen LogP contribution >= 0.6 is 0 Å². The minimum absolute atomic E-state index is 0.0619. The lowest BCUT2D eigenvalue weighted by molar-refractivity contribution is 0.0823. The summed E-state index contributed by atoms with van der Waals surface area (Å²) >= 11 is 0. The lowest BCUT2D eigenvalue weighted by Crippen LogP contribution is -2.49. The van der Waals surface area contributed by atoms with Crippen LogP contribution in [0.25, 0.3) is 0 Å². The number of rotatable bonds is 11. The van der Waals surface area contributed by atoms with Crippen molar-refractivity contribution in [2.24, 2.45) is 0 Å². The van der Waals surface area contributed by atoms with Crippen molar-refractivity contribution in [1.29, 1.82) is 0 Å². The Morgan fingerprint density at radius 1 is 1.17 bits per heavy atom. The van der Waals surface area contributed by atoms with Crippen molar-refractivity contribution >= 4 is 27.3 Å². The molecule has 4 N–H and O–H groups in total. The van der Waals surface area contributed by atoms with Gasteiger partial charge >= 0.3 is 0 Å². The Morgan fingerprint density at radius 2 is 1.89 bits per heavy atom. The zero-order chi connectivity index (χ0) is 26.3. The smallest absolute Gasteiger partial charge is 0.254 e. The van der Waals surface area contributed by atoms with Gasteiger partial charge in [-0.3, -0.25) is 9.10 Å². The monoisotopic (exact) mass is 520 g/mol. The van der Waals surface area contributed by atoms with Crippen molar-refractivity contribution in [2.75, 3.05) is 35.0 Å². The molecule has 0 spiro atoms. The Hall–Kier alpha value is -2.69. The molecule has 1 aliphatic rings. The Balaban J connectivity index is 1.94. The summed E-state index contributed by atoms with van der Waals surface area (Å²) in [7, 11) is -3.68. The van der Waals surface area contributed by atoms with Crippen LogP contribution in [-0.4, -0.2) is 63.0 Å². The molecule has 2 atom stereocenters. The maximum atomic E-state index is 15.7. The lowest BCUT2D eigenvalue weighted by Gasteiger charge is -2.30. The molecule has 0 unspecified atom stereocenters. The molecule has 1 heterocycles. The number of hydrogen-bond donors (Lipinski definition) is 4. The van der Waals surface area contributed by atoms with E-state index in [4.69, 9.17) is 0 Å². The molecule has 1 fully saturated rings. The SMILES string of the molecule is CCNc1cc(C(=O)N[C@@H](Cc2ccccc2)[C@H](O)CNC(C)C)c(F)c(N2CCCCS2(=O)=O)c1. The fourth-order valence-electron chi connectivity index (χ4n) is 4.22. The number of nitrogens with zero attached hydrogens (tertiary/aromatic N) is 1. The van der Waals surface area contributed by atoms with Crippen LogP contribution < -0.4 is 20.3 Å². The predicted molar refractivity (Wildman–Crippen MR) is 141 cm³/mol. The number of aliphatic hydroxyl groups excluding tert-OH is 1. The normalized spacial score (nSPS) is 17.0. The fraction of sp³-hybridized carbons (Fsp3) is 0.500. The van der Waals surface area contributed by atoms with Gasteiger partial charge in [0.1, 0.15) is 0 Å². The number of carbonyl (C=O) groups excluding carboxylic acids is 1. The number of anilines is 2. The molecule has 8 nitrogen and oxygen atoms in total. The van der Waals surface area contributed by atoms with E-state index in [1.54, 1.807) is 0 Å². The van der Waals surface area contributed by atoms with Crippen LogP contribution in [0.15, 0.2) is 42.5 Å². The van der Waals surface area contributed by atoms with Gasteiger partial charge in [-0.1, -0.05) is 44.2 Å². The maximum absolute atomic E-state index is 15.7. The van der Waals surface area contributed by atoms with Gasteiger partial charge in [-0.25, -0.2) is 12.8 Å². The highest BCUT2D eigenvalue weighted by Crippen LogP contribution is 2.31. The zero-order valence-electron chi connectivity index (χ0n) is 21.1. The molecule has 1 amide bonds. The van der Waals surface area contributed by atoms with Gasteiger partial charge in [0.2, 0.25) is 10.0 Å². The summed E-state index contributed by atoms with van der Waals surface area (Å²) in [6.07, 6.45) is 0.540. The van der Waals surface area contributed by atoms with E-state index < -0.39 is 33.9 Å². The Labute approximate surface area is 213 Å². The fourth-order valence-corrected chi connectivity index (χ4v) is 5.85. The minimum atomic E-state index is -3.68. The van der Waals surface area contributed by atoms with Gasteiger partial charge in [0.25, 0.3) is 5.91 Å². The molecule has 2 aromatic carbocycles. The van der Waals surface area contributed by atoms with Gasteiger partial charge in [-0.05, 0) is 43.9 Å². The van der Waals surface area contributed by atoms with Gasteiger partial charge in [-0.2, -0.15) is 0 Å². The first-order valence-corrected chi connectivity index (χ1v) is 14.1.